The first-order valence-corrected chi connectivity index (χ1v) is 8.57. The Bertz CT molecular complexity index is 623. The Hall–Kier alpha value is -1.67. The molecule has 0 amide bonds. The Labute approximate surface area is 125 Å². The summed E-state index contributed by atoms with van der Waals surface area (Å²) in [7, 11) is -3.33. The Morgan fingerprint density at radius 3 is 2.24 bits per heavy atom. The fourth-order valence-corrected chi connectivity index (χ4v) is 3.90. The van der Waals surface area contributed by atoms with Crippen molar-refractivity contribution in [3.8, 4) is 0 Å². The topological polar surface area (TPSA) is 46.5 Å². The third-order valence-corrected chi connectivity index (χ3v) is 5.57. The smallest absolute Gasteiger partial charge is 0.263 e. The van der Waals surface area contributed by atoms with Crippen molar-refractivity contribution in [2.45, 2.75) is 12.8 Å². The molecule has 0 aliphatic heterocycles. The van der Waals surface area contributed by atoms with Crippen LogP contribution in [0.15, 0.2) is 66.7 Å². The third kappa shape index (κ3) is 3.92. The molecule has 0 bridgehead atoms. The fourth-order valence-electron chi connectivity index (χ4n) is 2.01. The number of hydrogen-bond donors (Lipinski definition) is 1. The average molecular weight is 302 g/mol. The predicted molar refractivity (Wildman–Crippen MR) is 86.8 cm³/mol. The van der Waals surface area contributed by atoms with Crippen LogP contribution in [0.2, 0.25) is 0 Å². The first kappa shape index (κ1) is 15.7. The molecule has 4 heteroatoms. The molecule has 2 aromatic carbocycles. The fraction of sp³-hybridized carbons (Fsp3) is 0.176. The Balaban J connectivity index is 2.26. The van der Waals surface area contributed by atoms with Gasteiger partial charge in [0.1, 0.15) is 0 Å². The molecule has 0 radical (unpaired) electrons. The maximum atomic E-state index is 13.0. The second-order valence-electron chi connectivity index (χ2n) is 4.53. The summed E-state index contributed by atoms with van der Waals surface area (Å²) in [5.74, 6) is -1.17. The van der Waals surface area contributed by atoms with Crippen molar-refractivity contribution in [2.24, 2.45) is 0 Å². The largest absolute Gasteiger partial charge is 0.378 e. The minimum Gasteiger partial charge on any atom is -0.378 e. The molecule has 110 valence electrons. The van der Waals surface area contributed by atoms with Crippen molar-refractivity contribution < 1.29 is 14.2 Å². The van der Waals surface area contributed by atoms with Crippen LogP contribution in [0.3, 0.4) is 0 Å². The monoisotopic (exact) mass is 302 g/mol. The summed E-state index contributed by atoms with van der Waals surface area (Å²) >= 11 is 0. The molecular weight excluding hydrogens is 283 g/mol. The highest BCUT2D eigenvalue weighted by atomic mass is 31.2. The summed E-state index contributed by atoms with van der Waals surface area (Å²) in [6.45, 7) is 2.05. The van der Waals surface area contributed by atoms with E-state index in [-0.39, 0.29) is 6.61 Å². The summed E-state index contributed by atoms with van der Waals surface area (Å²) in [6.07, 6.45) is 3.28. The first-order valence-electron chi connectivity index (χ1n) is 6.88. The molecule has 0 spiro atoms. The van der Waals surface area contributed by atoms with Crippen molar-refractivity contribution in [2.75, 3.05) is 6.61 Å². The van der Waals surface area contributed by atoms with E-state index >= 15 is 0 Å². The molecule has 0 fully saturated rings. The van der Waals surface area contributed by atoms with Crippen LogP contribution in [0.5, 0.6) is 0 Å². The Kier molecular flexibility index (Phi) is 5.51. The minimum absolute atomic E-state index is 0.280. The molecule has 0 aliphatic rings. The highest BCUT2D eigenvalue weighted by Crippen LogP contribution is 2.50. The van der Waals surface area contributed by atoms with Gasteiger partial charge in [0.05, 0.1) is 6.61 Å². The molecule has 2 unspecified atom stereocenters. The molecule has 2 aromatic rings. The lowest BCUT2D eigenvalue weighted by Gasteiger charge is -2.21. The molecule has 0 aliphatic carbocycles. The number of hydrogen-bond acceptors (Lipinski definition) is 3. The van der Waals surface area contributed by atoms with Gasteiger partial charge in [0.15, 0.2) is 5.85 Å². The van der Waals surface area contributed by atoms with Crippen LogP contribution in [0.25, 0.3) is 6.08 Å². The van der Waals surface area contributed by atoms with Crippen LogP contribution in [-0.4, -0.2) is 17.6 Å². The van der Waals surface area contributed by atoms with Gasteiger partial charge in [-0.05, 0) is 30.7 Å². The number of rotatable bonds is 6. The van der Waals surface area contributed by atoms with E-state index in [1.807, 2.05) is 36.4 Å². The van der Waals surface area contributed by atoms with E-state index in [1.54, 1.807) is 37.3 Å². The lowest BCUT2D eigenvalue weighted by molar-refractivity contribution is 0.250. The van der Waals surface area contributed by atoms with Gasteiger partial charge >= 0.3 is 0 Å². The second-order valence-corrected chi connectivity index (χ2v) is 7.03. The van der Waals surface area contributed by atoms with Crippen molar-refractivity contribution in [3.05, 3.63) is 72.3 Å². The average Bonchev–Trinajstić information content (AvgIpc) is 2.54. The Morgan fingerprint density at radius 2 is 1.67 bits per heavy atom. The van der Waals surface area contributed by atoms with Crippen LogP contribution in [0.1, 0.15) is 12.5 Å². The van der Waals surface area contributed by atoms with Gasteiger partial charge in [0, 0.05) is 5.30 Å². The molecule has 21 heavy (non-hydrogen) atoms. The van der Waals surface area contributed by atoms with Gasteiger partial charge in [-0.25, -0.2) is 0 Å². The number of benzene rings is 2. The van der Waals surface area contributed by atoms with Gasteiger partial charge in [-0.15, -0.1) is 0 Å². The van der Waals surface area contributed by atoms with Gasteiger partial charge in [-0.1, -0.05) is 54.6 Å². The van der Waals surface area contributed by atoms with Gasteiger partial charge < -0.3 is 9.63 Å². The van der Waals surface area contributed by atoms with Gasteiger partial charge in [-0.2, -0.15) is 0 Å². The van der Waals surface area contributed by atoms with Crippen LogP contribution >= 0.6 is 7.37 Å². The van der Waals surface area contributed by atoms with Gasteiger partial charge in [0.2, 0.25) is 0 Å². The van der Waals surface area contributed by atoms with E-state index in [1.165, 1.54) is 6.08 Å². The minimum atomic E-state index is -3.33. The van der Waals surface area contributed by atoms with Gasteiger partial charge in [-0.3, -0.25) is 4.57 Å². The molecule has 0 aromatic heterocycles. The lowest BCUT2D eigenvalue weighted by Crippen LogP contribution is -2.17. The van der Waals surface area contributed by atoms with Crippen LogP contribution < -0.4 is 5.30 Å². The predicted octanol–water partition coefficient (Wildman–Crippen LogP) is 3.66. The molecule has 0 saturated heterocycles. The highest BCUT2D eigenvalue weighted by molar-refractivity contribution is 7.67. The van der Waals surface area contributed by atoms with E-state index in [9.17, 15) is 9.67 Å². The summed E-state index contributed by atoms with van der Waals surface area (Å²) < 4.78 is 18.4. The SMILES string of the molecule is CCOP(=O)(c1ccccc1)C(O)/C=C/c1ccccc1. The van der Waals surface area contributed by atoms with Crippen molar-refractivity contribution in [1.82, 2.24) is 0 Å². The van der Waals surface area contributed by atoms with Crippen LogP contribution in [0, 0.1) is 0 Å². The van der Waals surface area contributed by atoms with Crippen molar-refractivity contribution in [1.29, 1.82) is 0 Å². The Morgan fingerprint density at radius 1 is 1.10 bits per heavy atom. The van der Waals surface area contributed by atoms with E-state index in [0.29, 0.717) is 5.30 Å². The zero-order chi connectivity index (χ0) is 15.1. The standard InChI is InChI=1S/C17H19O3P/c1-2-20-21(19,16-11-7-4-8-12-16)17(18)14-13-15-9-5-3-6-10-15/h3-14,17-18H,2H2,1H3/b14-13+. The van der Waals surface area contributed by atoms with E-state index in [4.69, 9.17) is 4.52 Å². The molecular formula is C17H19O3P. The zero-order valence-electron chi connectivity index (χ0n) is 11.9. The lowest BCUT2D eigenvalue weighted by atomic mass is 10.2. The maximum absolute atomic E-state index is 13.0. The highest BCUT2D eigenvalue weighted by Gasteiger charge is 2.32. The van der Waals surface area contributed by atoms with Crippen LogP contribution in [0.4, 0.5) is 0 Å². The summed E-state index contributed by atoms with van der Waals surface area (Å²) in [5, 5.41) is 10.9. The zero-order valence-corrected chi connectivity index (χ0v) is 12.8. The molecule has 0 saturated carbocycles. The molecule has 0 heterocycles. The quantitative estimate of drug-likeness (QED) is 0.828. The maximum Gasteiger partial charge on any atom is 0.263 e. The van der Waals surface area contributed by atoms with E-state index in [0.717, 1.165) is 5.56 Å². The number of aliphatic hydroxyl groups is 1. The second kappa shape index (κ2) is 7.37. The van der Waals surface area contributed by atoms with Crippen molar-refractivity contribution >= 4 is 18.7 Å². The summed E-state index contributed by atoms with van der Waals surface area (Å²) in [6, 6.07) is 18.4. The summed E-state index contributed by atoms with van der Waals surface area (Å²) in [5.41, 5.74) is 0.938. The van der Waals surface area contributed by atoms with E-state index < -0.39 is 13.2 Å². The molecule has 1 N–H and O–H groups in total. The van der Waals surface area contributed by atoms with Gasteiger partial charge in [0.25, 0.3) is 7.37 Å². The molecule has 2 atom stereocenters. The van der Waals surface area contributed by atoms with Crippen molar-refractivity contribution in [3.63, 3.8) is 0 Å². The first-order chi connectivity index (χ1) is 10.2. The molecule has 2 rings (SSSR count). The van der Waals surface area contributed by atoms with Crippen LogP contribution in [-0.2, 0) is 9.09 Å². The third-order valence-electron chi connectivity index (χ3n) is 3.05. The number of aliphatic hydroxyl groups excluding tert-OH is 1. The van der Waals surface area contributed by atoms with E-state index in [2.05, 4.69) is 0 Å². The normalized spacial score (nSPS) is 15.7. The molecule has 3 nitrogen and oxygen atoms in total. The summed E-state index contributed by atoms with van der Waals surface area (Å²) in [4.78, 5) is 0.